The third-order valence-electron chi connectivity index (χ3n) is 5.61. The van der Waals surface area contributed by atoms with Gasteiger partial charge < -0.3 is 15.5 Å². The molecule has 0 bridgehead atoms. The highest BCUT2D eigenvalue weighted by atomic mass is 16.2. The molecule has 1 heterocycles. The van der Waals surface area contributed by atoms with Gasteiger partial charge in [0, 0.05) is 52.4 Å². The largest absolute Gasteiger partial charge is 0.356 e. The smallest absolute Gasteiger partial charge is 0.253 e. The van der Waals surface area contributed by atoms with Crippen LogP contribution in [-0.2, 0) is 13.0 Å². The van der Waals surface area contributed by atoms with Crippen LogP contribution in [0.4, 0.5) is 0 Å². The number of likely N-dealkylation sites (tertiary alicyclic amines) is 1. The molecule has 2 aromatic rings. The van der Waals surface area contributed by atoms with E-state index < -0.39 is 0 Å². The number of hydrogen-bond acceptors (Lipinski definition) is 3. The van der Waals surface area contributed by atoms with Crippen LogP contribution in [-0.4, -0.2) is 68.5 Å². The Labute approximate surface area is 186 Å². The lowest BCUT2D eigenvalue weighted by atomic mass is 10.0. The molecule has 0 saturated carbocycles. The first-order valence-electron chi connectivity index (χ1n) is 11.1. The van der Waals surface area contributed by atoms with Crippen molar-refractivity contribution in [3.8, 4) is 0 Å². The SMILES string of the molecule is CN=C(NCCc1cccc(C(=O)N(C)C)c1)NC1CCCN(Cc2ccccc2)C1. The summed E-state index contributed by atoms with van der Waals surface area (Å²) in [7, 11) is 5.37. The zero-order valence-electron chi connectivity index (χ0n) is 19.0. The Morgan fingerprint density at radius 3 is 2.65 bits per heavy atom. The van der Waals surface area contributed by atoms with Crippen molar-refractivity contribution in [3.63, 3.8) is 0 Å². The quantitative estimate of drug-likeness (QED) is 0.533. The van der Waals surface area contributed by atoms with E-state index in [-0.39, 0.29) is 5.91 Å². The number of nitrogens with one attached hydrogen (secondary N) is 2. The van der Waals surface area contributed by atoms with Crippen LogP contribution < -0.4 is 10.6 Å². The van der Waals surface area contributed by atoms with Crippen LogP contribution in [0, 0.1) is 0 Å². The van der Waals surface area contributed by atoms with Crippen LogP contribution in [0.2, 0.25) is 0 Å². The highest BCUT2D eigenvalue weighted by molar-refractivity contribution is 5.94. The van der Waals surface area contributed by atoms with Gasteiger partial charge in [0.2, 0.25) is 0 Å². The summed E-state index contributed by atoms with van der Waals surface area (Å²) in [5, 5.41) is 7.01. The Kier molecular flexibility index (Phi) is 8.47. The van der Waals surface area contributed by atoms with Crippen molar-refractivity contribution in [2.24, 2.45) is 4.99 Å². The second-order valence-corrected chi connectivity index (χ2v) is 8.35. The summed E-state index contributed by atoms with van der Waals surface area (Å²) >= 11 is 0. The van der Waals surface area contributed by atoms with Gasteiger partial charge in [0.1, 0.15) is 0 Å². The van der Waals surface area contributed by atoms with E-state index in [4.69, 9.17) is 0 Å². The zero-order valence-corrected chi connectivity index (χ0v) is 19.0. The molecule has 0 aromatic heterocycles. The van der Waals surface area contributed by atoms with E-state index in [1.165, 1.54) is 12.0 Å². The molecule has 1 amide bonds. The Morgan fingerprint density at radius 2 is 1.90 bits per heavy atom. The van der Waals surface area contributed by atoms with Crippen LogP contribution in [0.1, 0.15) is 34.3 Å². The van der Waals surface area contributed by atoms with Crippen molar-refractivity contribution in [3.05, 3.63) is 71.3 Å². The fraction of sp³-hybridized carbons (Fsp3) is 0.440. The molecular formula is C25H35N5O. The fourth-order valence-corrected chi connectivity index (χ4v) is 3.99. The summed E-state index contributed by atoms with van der Waals surface area (Å²) in [6, 6.07) is 18.9. The van der Waals surface area contributed by atoms with Gasteiger partial charge in [-0.2, -0.15) is 0 Å². The Bertz CT molecular complexity index is 865. The molecule has 3 rings (SSSR count). The number of amides is 1. The average Bonchev–Trinajstić information content (AvgIpc) is 2.79. The van der Waals surface area contributed by atoms with Gasteiger partial charge in [0.25, 0.3) is 5.91 Å². The molecule has 6 nitrogen and oxygen atoms in total. The van der Waals surface area contributed by atoms with E-state index in [2.05, 4.69) is 56.9 Å². The van der Waals surface area contributed by atoms with Crippen LogP contribution in [0.5, 0.6) is 0 Å². The minimum absolute atomic E-state index is 0.0321. The Balaban J connectivity index is 1.46. The van der Waals surface area contributed by atoms with Crippen molar-refractivity contribution in [1.82, 2.24) is 20.4 Å². The Morgan fingerprint density at radius 1 is 1.13 bits per heavy atom. The van der Waals surface area contributed by atoms with Crippen LogP contribution >= 0.6 is 0 Å². The summed E-state index contributed by atoms with van der Waals surface area (Å²) in [5.74, 6) is 0.872. The minimum atomic E-state index is 0.0321. The number of benzene rings is 2. The second kappa shape index (κ2) is 11.5. The van der Waals surface area contributed by atoms with Crippen molar-refractivity contribution in [2.75, 3.05) is 40.8 Å². The summed E-state index contributed by atoms with van der Waals surface area (Å²) in [6.07, 6.45) is 3.18. The molecule has 6 heteroatoms. The molecule has 1 aliphatic heterocycles. The molecule has 166 valence electrons. The summed E-state index contributed by atoms with van der Waals surface area (Å²) in [5.41, 5.74) is 3.23. The maximum atomic E-state index is 12.2. The standard InChI is InChI=1S/C25H35N5O/c1-26-25(27-15-14-20-11-7-12-22(17-20)24(31)29(2)3)28-23-13-8-16-30(19-23)18-21-9-5-4-6-10-21/h4-7,9-12,17,23H,8,13-16,18-19H2,1-3H3,(H2,26,27,28). The third-order valence-corrected chi connectivity index (χ3v) is 5.61. The van der Waals surface area contributed by atoms with Gasteiger partial charge in [-0.25, -0.2) is 0 Å². The molecule has 1 unspecified atom stereocenters. The number of piperidine rings is 1. The molecule has 0 aliphatic carbocycles. The lowest BCUT2D eigenvalue weighted by Gasteiger charge is -2.34. The highest BCUT2D eigenvalue weighted by Gasteiger charge is 2.20. The van der Waals surface area contributed by atoms with E-state index in [0.717, 1.165) is 56.1 Å². The monoisotopic (exact) mass is 421 g/mol. The molecule has 1 atom stereocenters. The van der Waals surface area contributed by atoms with E-state index >= 15 is 0 Å². The number of carbonyl (C=O) groups is 1. The van der Waals surface area contributed by atoms with Crippen molar-refractivity contribution in [1.29, 1.82) is 0 Å². The lowest BCUT2D eigenvalue weighted by Crippen LogP contribution is -2.51. The lowest BCUT2D eigenvalue weighted by molar-refractivity contribution is 0.0827. The highest BCUT2D eigenvalue weighted by Crippen LogP contribution is 2.14. The summed E-state index contributed by atoms with van der Waals surface area (Å²) < 4.78 is 0. The normalized spacial score (nSPS) is 17.3. The molecule has 1 aliphatic rings. The van der Waals surface area contributed by atoms with Gasteiger partial charge >= 0.3 is 0 Å². The molecule has 1 saturated heterocycles. The first kappa shape index (κ1) is 22.8. The molecular weight excluding hydrogens is 386 g/mol. The maximum absolute atomic E-state index is 12.2. The first-order chi connectivity index (χ1) is 15.0. The predicted octanol–water partition coefficient (Wildman–Crippen LogP) is 2.76. The van der Waals surface area contributed by atoms with Gasteiger partial charge in [-0.15, -0.1) is 0 Å². The number of guanidine groups is 1. The Hall–Kier alpha value is -2.86. The third kappa shape index (κ3) is 7.10. The van der Waals surface area contributed by atoms with Gasteiger partial charge in [-0.05, 0) is 49.1 Å². The summed E-state index contributed by atoms with van der Waals surface area (Å²) in [4.78, 5) is 20.7. The van der Waals surface area contributed by atoms with Crippen LogP contribution in [0.15, 0.2) is 59.6 Å². The molecule has 0 radical (unpaired) electrons. The molecule has 2 aromatic carbocycles. The van der Waals surface area contributed by atoms with E-state index in [1.54, 1.807) is 19.0 Å². The number of nitrogens with zero attached hydrogens (tertiary/aromatic N) is 3. The fourth-order valence-electron chi connectivity index (χ4n) is 3.99. The summed E-state index contributed by atoms with van der Waals surface area (Å²) in [6.45, 7) is 3.91. The van der Waals surface area contributed by atoms with Crippen LogP contribution in [0.25, 0.3) is 0 Å². The van der Waals surface area contributed by atoms with Crippen LogP contribution in [0.3, 0.4) is 0 Å². The number of carbonyl (C=O) groups excluding carboxylic acids is 1. The molecule has 1 fully saturated rings. The van der Waals surface area contributed by atoms with Gasteiger partial charge in [0.05, 0.1) is 0 Å². The number of hydrogen-bond donors (Lipinski definition) is 2. The average molecular weight is 422 g/mol. The van der Waals surface area contributed by atoms with E-state index in [9.17, 15) is 4.79 Å². The topological polar surface area (TPSA) is 60.0 Å². The second-order valence-electron chi connectivity index (χ2n) is 8.35. The maximum Gasteiger partial charge on any atom is 0.253 e. The van der Waals surface area contributed by atoms with Crippen molar-refractivity contribution < 1.29 is 4.79 Å². The zero-order chi connectivity index (χ0) is 22.1. The van der Waals surface area contributed by atoms with Crippen molar-refractivity contribution in [2.45, 2.75) is 31.8 Å². The molecule has 0 spiro atoms. The minimum Gasteiger partial charge on any atom is -0.356 e. The van der Waals surface area contributed by atoms with E-state index in [1.807, 2.05) is 25.2 Å². The van der Waals surface area contributed by atoms with Gasteiger partial charge in [-0.3, -0.25) is 14.7 Å². The van der Waals surface area contributed by atoms with E-state index in [0.29, 0.717) is 6.04 Å². The van der Waals surface area contributed by atoms with Crippen molar-refractivity contribution >= 4 is 11.9 Å². The molecule has 2 N–H and O–H groups in total. The predicted molar refractivity (Wildman–Crippen MR) is 127 cm³/mol. The van der Waals surface area contributed by atoms with Gasteiger partial charge in [0.15, 0.2) is 5.96 Å². The van der Waals surface area contributed by atoms with Gasteiger partial charge in [-0.1, -0.05) is 42.5 Å². The number of rotatable bonds is 7. The first-order valence-corrected chi connectivity index (χ1v) is 11.1. The number of aliphatic imine (C=N–C) groups is 1. The molecule has 31 heavy (non-hydrogen) atoms.